The molecule has 1 aromatic heterocycles. The van der Waals surface area contributed by atoms with E-state index in [1.807, 2.05) is 42.5 Å². The molecule has 3 rings (SSSR count). The number of likely N-dealkylation sites (tertiary alicyclic amines) is 1. The molecule has 0 radical (unpaired) electrons. The van der Waals surface area contributed by atoms with Crippen LogP contribution in [0.15, 0.2) is 58.1 Å². The second kappa shape index (κ2) is 12.9. The van der Waals surface area contributed by atoms with Crippen molar-refractivity contribution in [3.8, 4) is 0 Å². The molecule has 2 unspecified atom stereocenters. The van der Waals surface area contributed by atoms with Crippen LogP contribution in [0.1, 0.15) is 43.0 Å². The molecule has 0 saturated carbocycles. The van der Waals surface area contributed by atoms with Crippen LogP contribution in [0.4, 0.5) is 0 Å². The number of halogens is 1. The lowest BCUT2D eigenvalue weighted by Gasteiger charge is -2.27. The maximum atomic E-state index is 9.78. The van der Waals surface area contributed by atoms with E-state index in [1.54, 1.807) is 6.26 Å². The summed E-state index contributed by atoms with van der Waals surface area (Å²) in [6, 6.07) is 14.2. The Morgan fingerprint density at radius 3 is 2.52 bits per heavy atom. The van der Waals surface area contributed by atoms with Crippen LogP contribution in [0.25, 0.3) is 0 Å². The number of nitrogens with zero attached hydrogens (tertiary/aromatic N) is 2. The maximum Gasteiger partial charge on any atom is 0.191 e. The smallest absolute Gasteiger partial charge is 0.191 e. The second-order valence-electron chi connectivity index (χ2n) is 7.16. The Bertz CT molecular complexity index is 703. The van der Waals surface area contributed by atoms with Crippen molar-refractivity contribution in [2.45, 2.75) is 31.7 Å². The van der Waals surface area contributed by atoms with Crippen molar-refractivity contribution in [1.82, 2.24) is 15.5 Å². The van der Waals surface area contributed by atoms with Crippen molar-refractivity contribution < 1.29 is 9.52 Å². The Morgan fingerprint density at radius 2 is 1.90 bits per heavy atom. The summed E-state index contributed by atoms with van der Waals surface area (Å²) in [5.74, 6) is 1.76. The molecule has 1 fully saturated rings. The zero-order chi connectivity index (χ0) is 19.6. The van der Waals surface area contributed by atoms with Crippen LogP contribution in [0.2, 0.25) is 0 Å². The van der Waals surface area contributed by atoms with Gasteiger partial charge >= 0.3 is 0 Å². The van der Waals surface area contributed by atoms with Crippen molar-refractivity contribution in [2.75, 3.05) is 39.3 Å². The van der Waals surface area contributed by atoms with Gasteiger partial charge in [0.1, 0.15) is 5.76 Å². The van der Waals surface area contributed by atoms with Gasteiger partial charge < -0.3 is 20.2 Å². The highest BCUT2D eigenvalue weighted by molar-refractivity contribution is 14.0. The third-order valence-corrected chi connectivity index (χ3v) is 5.22. The van der Waals surface area contributed by atoms with Crippen molar-refractivity contribution in [1.29, 1.82) is 0 Å². The zero-order valence-electron chi connectivity index (χ0n) is 17.1. The Kier molecular flexibility index (Phi) is 10.5. The first-order valence-corrected chi connectivity index (χ1v) is 10.3. The highest BCUT2D eigenvalue weighted by Crippen LogP contribution is 2.24. The highest BCUT2D eigenvalue weighted by Gasteiger charge is 2.25. The summed E-state index contributed by atoms with van der Waals surface area (Å²) in [5.41, 5.74) is 1.11. The molecular weight excluding hydrogens is 479 g/mol. The summed E-state index contributed by atoms with van der Waals surface area (Å²) in [6.45, 7) is 6.39. The summed E-state index contributed by atoms with van der Waals surface area (Å²) in [7, 11) is 0. The molecule has 0 aliphatic carbocycles. The fourth-order valence-electron chi connectivity index (χ4n) is 3.67. The van der Waals surface area contributed by atoms with Gasteiger partial charge in [-0.2, -0.15) is 0 Å². The molecule has 0 spiro atoms. The minimum atomic E-state index is -0.00360. The molecule has 2 heterocycles. The number of nitrogens with one attached hydrogen (secondary N) is 2. The lowest BCUT2D eigenvalue weighted by molar-refractivity contribution is 0.215. The average Bonchev–Trinajstić information content (AvgIpc) is 3.44. The molecule has 1 saturated heterocycles. The standard InChI is InChI=1S/C22H32N4O2.HI/c1-2-23-22(24-15-19(17-27)18-9-4-3-5-10-18)25-16-20(21-11-8-14-28-21)26-12-6-7-13-26;/h3-5,8-11,14,19-20,27H,2,6-7,12-13,15-17H2,1H3,(H2,23,24,25);1H. The normalized spacial score (nSPS) is 16.8. The zero-order valence-corrected chi connectivity index (χ0v) is 19.4. The SMILES string of the molecule is CCNC(=NCC(CO)c1ccccc1)NCC(c1ccco1)N1CCCC1.I. The Hall–Kier alpha value is -1.58. The lowest BCUT2D eigenvalue weighted by atomic mass is 10.0. The molecule has 1 aliphatic rings. The Balaban J connectivity index is 0.00000300. The van der Waals surface area contributed by atoms with Gasteiger partial charge in [0, 0.05) is 19.0 Å². The van der Waals surface area contributed by atoms with E-state index >= 15 is 0 Å². The van der Waals surface area contributed by atoms with Crippen molar-refractivity contribution in [3.05, 3.63) is 60.1 Å². The summed E-state index contributed by atoms with van der Waals surface area (Å²) in [6.07, 6.45) is 4.21. The molecule has 0 bridgehead atoms. The molecule has 29 heavy (non-hydrogen) atoms. The van der Waals surface area contributed by atoms with Crippen molar-refractivity contribution in [3.63, 3.8) is 0 Å². The number of aliphatic hydroxyl groups excluding tert-OH is 1. The third-order valence-electron chi connectivity index (χ3n) is 5.22. The van der Waals surface area contributed by atoms with E-state index in [0.717, 1.165) is 43.5 Å². The molecule has 160 valence electrons. The largest absolute Gasteiger partial charge is 0.468 e. The third kappa shape index (κ3) is 7.01. The molecule has 1 aliphatic heterocycles. The quantitative estimate of drug-likeness (QED) is 0.273. The van der Waals surface area contributed by atoms with Crippen LogP contribution in [0, 0.1) is 0 Å². The van der Waals surface area contributed by atoms with Gasteiger partial charge in [0.25, 0.3) is 0 Å². The number of hydrogen-bond acceptors (Lipinski definition) is 4. The van der Waals surface area contributed by atoms with Crippen LogP contribution >= 0.6 is 24.0 Å². The molecular formula is C22H33IN4O2. The van der Waals surface area contributed by atoms with E-state index in [2.05, 4.69) is 22.5 Å². The molecule has 6 nitrogen and oxygen atoms in total. The predicted molar refractivity (Wildman–Crippen MR) is 128 cm³/mol. The molecule has 1 aromatic carbocycles. The number of furan rings is 1. The minimum Gasteiger partial charge on any atom is -0.468 e. The molecule has 3 N–H and O–H groups in total. The van der Waals surface area contributed by atoms with E-state index in [1.165, 1.54) is 12.8 Å². The molecule has 2 atom stereocenters. The first-order valence-electron chi connectivity index (χ1n) is 10.3. The number of aliphatic imine (C=N–C) groups is 1. The van der Waals surface area contributed by atoms with E-state index in [4.69, 9.17) is 9.41 Å². The number of benzene rings is 1. The monoisotopic (exact) mass is 512 g/mol. The topological polar surface area (TPSA) is 73.0 Å². The summed E-state index contributed by atoms with van der Waals surface area (Å²) >= 11 is 0. The van der Waals surface area contributed by atoms with Gasteiger partial charge in [0.2, 0.25) is 0 Å². The van der Waals surface area contributed by atoms with Gasteiger partial charge in [-0.25, -0.2) is 0 Å². The van der Waals surface area contributed by atoms with E-state index < -0.39 is 0 Å². The van der Waals surface area contributed by atoms with Crippen LogP contribution in [0.5, 0.6) is 0 Å². The second-order valence-corrected chi connectivity index (χ2v) is 7.16. The van der Waals surface area contributed by atoms with Crippen LogP contribution in [0.3, 0.4) is 0 Å². The number of hydrogen-bond donors (Lipinski definition) is 3. The van der Waals surface area contributed by atoms with Crippen molar-refractivity contribution >= 4 is 29.9 Å². The maximum absolute atomic E-state index is 9.78. The lowest BCUT2D eigenvalue weighted by Crippen LogP contribution is -2.42. The van der Waals surface area contributed by atoms with Gasteiger partial charge in [-0.15, -0.1) is 24.0 Å². The van der Waals surface area contributed by atoms with E-state index in [9.17, 15) is 5.11 Å². The van der Waals surface area contributed by atoms with Gasteiger partial charge in [-0.1, -0.05) is 30.3 Å². The first-order chi connectivity index (χ1) is 13.8. The van der Waals surface area contributed by atoms with Crippen LogP contribution in [-0.2, 0) is 0 Å². The molecule has 7 heteroatoms. The van der Waals surface area contributed by atoms with Gasteiger partial charge in [0.05, 0.1) is 25.5 Å². The summed E-state index contributed by atoms with van der Waals surface area (Å²) in [4.78, 5) is 7.19. The molecule has 0 amide bonds. The van der Waals surface area contributed by atoms with E-state index in [-0.39, 0.29) is 42.5 Å². The first kappa shape index (κ1) is 23.7. The molecule has 2 aromatic rings. The number of rotatable bonds is 9. The Morgan fingerprint density at radius 1 is 1.14 bits per heavy atom. The van der Waals surface area contributed by atoms with Crippen molar-refractivity contribution in [2.24, 2.45) is 4.99 Å². The van der Waals surface area contributed by atoms with Crippen LogP contribution < -0.4 is 10.6 Å². The fraction of sp³-hybridized carbons (Fsp3) is 0.500. The fourth-order valence-corrected chi connectivity index (χ4v) is 3.67. The average molecular weight is 512 g/mol. The van der Waals surface area contributed by atoms with Gasteiger partial charge in [-0.05, 0) is 50.6 Å². The summed E-state index contributed by atoms with van der Waals surface area (Å²) < 4.78 is 5.70. The number of aliphatic hydroxyl groups is 1. The van der Waals surface area contributed by atoms with E-state index in [0.29, 0.717) is 6.54 Å². The van der Waals surface area contributed by atoms with Gasteiger partial charge in [0.15, 0.2) is 5.96 Å². The predicted octanol–water partition coefficient (Wildman–Crippen LogP) is 3.37. The highest BCUT2D eigenvalue weighted by atomic mass is 127. The van der Waals surface area contributed by atoms with Gasteiger partial charge in [-0.3, -0.25) is 9.89 Å². The minimum absolute atomic E-state index is 0. The Labute approximate surface area is 190 Å². The summed E-state index contributed by atoms with van der Waals surface area (Å²) in [5, 5.41) is 16.6. The number of guanidine groups is 1. The van der Waals surface area contributed by atoms with Crippen LogP contribution in [-0.4, -0.2) is 55.3 Å².